The summed E-state index contributed by atoms with van der Waals surface area (Å²) in [7, 11) is 0. The molecule has 32 heavy (non-hydrogen) atoms. The molecule has 6 rings (SSSR count). The van der Waals surface area contributed by atoms with Crippen LogP contribution in [0.2, 0.25) is 0 Å². The van der Waals surface area contributed by atoms with Gasteiger partial charge in [-0.05, 0) is 48.6 Å². The van der Waals surface area contributed by atoms with Crippen LogP contribution < -0.4 is 15.4 Å². The summed E-state index contributed by atoms with van der Waals surface area (Å²) in [6, 6.07) is 20.5. The fourth-order valence-corrected chi connectivity index (χ4v) is 4.56. The Morgan fingerprint density at radius 2 is 1.75 bits per heavy atom. The van der Waals surface area contributed by atoms with Crippen molar-refractivity contribution in [2.45, 2.75) is 24.8 Å². The molecule has 0 saturated heterocycles. The number of allylic oxidation sites excluding steroid dienone is 3. The van der Waals surface area contributed by atoms with Gasteiger partial charge in [0.2, 0.25) is 5.88 Å². The van der Waals surface area contributed by atoms with Gasteiger partial charge in [0, 0.05) is 22.4 Å². The van der Waals surface area contributed by atoms with Crippen molar-refractivity contribution >= 4 is 11.6 Å². The van der Waals surface area contributed by atoms with E-state index in [1.54, 1.807) is 4.90 Å². The van der Waals surface area contributed by atoms with Crippen LogP contribution in [0.25, 0.3) is 22.4 Å². The maximum atomic E-state index is 12.6. The van der Waals surface area contributed by atoms with E-state index in [0.717, 1.165) is 40.9 Å². The fourth-order valence-electron chi connectivity index (χ4n) is 4.56. The van der Waals surface area contributed by atoms with E-state index < -0.39 is 0 Å². The van der Waals surface area contributed by atoms with E-state index >= 15 is 0 Å². The van der Waals surface area contributed by atoms with Crippen molar-refractivity contribution in [1.29, 1.82) is 0 Å². The van der Waals surface area contributed by atoms with E-state index in [-0.39, 0.29) is 18.1 Å². The predicted molar refractivity (Wildman–Crippen MR) is 125 cm³/mol. The molecule has 0 radical (unpaired) electrons. The molecule has 2 aliphatic carbocycles. The van der Waals surface area contributed by atoms with Crippen molar-refractivity contribution in [1.82, 2.24) is 4.98 Å². The largest absolute Gasteiger partial charge is 0.466 e. The normalized spacial score (nSPS) is 18.2. The minimum absolute atomic E-state index is 0.0239. The monoisotopic (exact) mass is 421 g/mol. The number of hydrogen-bond donors (Lipinski definition) is 1. The molecule has 0 atom stereocenters. The number of aromatic nitrogens is 1. The van der Waals surface area contributed by atoms with Gasteiger partial charge in [-0.15, -0.1) is 0 Å². The van der Waals surface area contributed by atoms with Gasteiger partial charge >= 0.3 is 0 Å². The molecule has 0 unspecified atom stereocenters. The van der Waals surface area contributed by atoms with Crippen molar-refractivity contribution in [2.24, 2.45) is 5.73 Å². The summed E-state index contributed by atoms with van der Waals surface area (Å²) in [6.07, 6.45) is 9.00. The Hall–Kier alpha value is -3.70. The highest BCUT2D eigenvalue weighted by Crippen LogP contribution is 2.43. The smallest absolute Gasteiger partial charge is 0.269 e. The third kappa shape index (κ3) is 2.97. The molecule has 1 aliphatic heterocycles. The lowest BCUT2D eigenvalue weighted by Crippen LogP contribution is -2.43. The lowest BCUT2D eigenvalue weighted by atomic mass is 9.72. The Kier molecular flexibility index (Phi) is 4.26. The average molecular weight is 422 g/mol. The SMILES string of the molecule is NC1(c2ccc(-c3nc4c(cc3-c3ccccc3)N(C3=CC=C3)C(=O)CO4)cc2)CCC1. The highest BCUT2D eigenvalue weighted by Gasteiger charge is 2.34. The topological polar surface area (TPSA) is 68.5 Å². The Bertz CT molecular complexity index is 1270. The summed E-state index contributed by atoms with van der Waals surface area (Å²) in [4.78, 5) is 19.3. The number of carbonyl (C=O) groups is 1. The van der Waals surface area contributed by atoms with Gasteiger partial charge in [-0.3, -0.25) is 9.69 Å². The quantitative estimate of drug-likeness (QED) is 0.648. The first-order valence-corrected chi connectivity index (χ1v) is 11.0. The lowest BCUT2D eigenvalue weighted by Gasteiger charge is -2.38. The summed E-state index contributed by atoms with van der Waals surface area (Å²) in [5.74, 6) is 0.374. The minimum atomic E-state index is -0.196. The number of rotatable bonds is 4. The molecule has 2 aromatic carbocycles. The number of amides is 1. The van der Waals surface area contributed by atoms with E-state index in [1.807, 2.05) is 42.5 Å². The zero-order valence-electron chi connectivity index (χ0n) is 17.6. The molecule has 0 bridgehead atoms. The first-order valence-electron chi connectivity index (χ1n) is 11.0. The number of carbonyl (C=O) groups excluding carboxylic acids is 1. The Balaban J connectivity index is 1.50. The lowest BCUT2D eigenvalue weighted by molar-refractivity contribution is -0.120. The van der Waals surface area contributed by atoms with Crippen LogP contribution in [0.3, 0.4) is 0 Å². The zero-order valence-corrected chi connectivity index (χ0v) is 17.6. The molecule has 158 valence electrons. The second-order valence-electron chi connectivity index (χ2n) is 8.63. The summed E-state index contributed by atoms with van der Waals surface area (Å²) in [6.45, 7) is -0.0239. The maximum absolute atomic E-state index is 12.6. The van der Waals surface area contributed by atoms with Gasteiger partial charge in [0.05, 0.1) is 5.69 Å². The third-order valence-electron chi connectivity index (χ3n) is 6.65. The van der Waals surface area contributed by atoms with Gasteiger partial charge in [0.25, 0.3) is 5.91 Å². The number of pyridine rings is 1. The van der Waals surface area contributed by atoms with Gasteiger partial charge in [0.1, 0.15) is 5.69 Å². The first-order chi connectivity index (χ1) is 15.6. The number of hydrogen-bond acceptors (Lipinski definition) is 4. The molecule has 5 heteroatoms. The number of fused-ring (bicyclic) bond motifs is 1. The van der Waals surface area contributed by atoms with Gasteiger partial charge < -0.3 is 10.5 Å². The molecule has 2 N–H and O–H groups in total. The average Bonchev–Trinajstić information content (AvgIpc) is 2.78. The van der Waals surface area contributed by atoms with Crippen LogP contribution in [0.5, 0.6) is 5.88 Å². The van der Waals surface area contributed by atoms with Crippen LogP contribution in [0.4, 0.5) is 5.69 Å². The molecule has 1 amide bonds. The Morgan fingerprint density at radius 1 is 1.00 bits per heavy atom. The maximum Gasteiger partial charge on any atom is 0.269 e. The third-order valence-corrected chi connectivity index (χ3v) is 6.65. The zero-order chi connectivity index (χ0) is 21.7. The van der Waals surface area contributed by atoms with Crippen LogP contribution in [0, 0.1) is 0 Å². The van der Waals surface area contributed by atoms with Crippen LogP contribution in [-0.2, 0) is 10.3 Å². The summed E-state index contributed by atoms with van der Waals surface area (Å²) >= 11 is 0. The van der Waals surface area contributed by atoms with Gasteiger partial charge in [0.15, 0.2) is 6.61 Å². The predicted octanol–water partition coefficient (Wildman–Crippen LogP) is 4.93. The van der Waals surface area contributed by atoms with Crippen LogP contribution in [0.1, 0.15) is 24.8 Å². The second-order valence-corrected chi connectivity index (χ2v) is 8.63. The van der Waals surface area contributed by atoms with Crippen molar-refractivity contribution in [3.05, 3.63) is 90.2 Å². The molecule has 1 fully saturated rings. The van der Waals surface area contributed by atoms with Crippen molar-refractivity contribution in [3.8, 4) is 28.3 Å². The molecular formula is C27H23N3O2. The van der Waals surface area contributed by atoms with Crippen LogP contribution >= 0.6 is 0 Å². The number of anilines is 1. The molecule has 2 heterocycles. The molecule has 3 aliphatic rings. The van der Waals surface area contributed by atoms with Crippen LogP contribution in [0.15, 0.2) is 84.6 Å². The van der Waals surface area contributed by atoms with Crippen molar-refractivity contribution in [2.75, 3.05) is 11.5 Å². The standard InChI is InChI=1S/C27H23N3O2/c28-27(14-5-15-27)20-12-10-19(11-13-20)25-22(18-6-2-1-3-7-18)16-23-26(29-25)32-17-24(31)30(23)21-8-4-9-21/h1-4,6-13,16H,5,14-15,17,28H2. The van der Waals surface area contributed by atoms with E-state index in [9.17, 15) is 4.79 Å². The van der Waals surface area contributed by atoms with Crippen molar-refractivity contribution < 1.29 is 9.53 Å². The molecule has 5 nitrogen and oxygen atoms in total. The van der Waals surface area contributed by atoms with E-state index in [1.165, 1.54) is 12.0 Å². The second kappa shape index (κ2) is 7.18. The van der Waals surface area contributed by atoms with Gasteiger partial charge in [-0.2, -0.15) is 0 Å². The number of nitrogens with two attached hydrogens (primary N) is 1. The number of ether oxygens (including phenoxy) is 1. The summed E-state index contributed by atoms with van der Waals surface area (Å²) in [5, 5.41) is 0. The molecule has 1 aromatic heterocycles. The summed E-state index contributed by atoms with van der Waals surface area (Å²) in [5.41, 5.74) is 12.8. The van der Waals surface area contributed by atoms with E-state index in [2.05, 4.69) is 36.4 Å². The van der Waals surface area contributed by atoms with Gasteiger partial charge in [-0.25, -0.2) is 4.98 Å². The highest BCUT2D eigenvalue weighted by atomic mass is 16.5. The Morgan fingerprint density at radius 3 is 2.38 bits per heavy atom. The fraction of sp³-hybridized carbons (Fsp3) is 0.185. The number of nitrogens with zero attached hydrogens (tertiary/aromatic N) is 2. The molecule has 1 saturated carbocycles. The Labute approximate surface area is 186 Å². The highest BCUT2D eigenvalue weighted by molar-refractivity contribution is 6.02. The first kappa shape index (κ1) is 19.0. The van der Waals surface area contributed by atoms with Crippen molar-refractivity contribution in [3.63, 3.8) is 0 Å². The van der Waals surface area contributed by atoms with E-state index in [4.69, 9.17) is 15.5 Å². The molecular weight excluding hydrogens is 398 g/mol. The van der Waals surface area contributed by atoms with E-state index in [0.29, 0.717) is 11.6 Å². The number of benzene rings is 2. The summed E-state index contributed by atoms with van der Waals surface area (Å²) < 4.78 is 5.77. The molecule has 3 aromatic rings. The van der Waals surface area contributed by atoms with Crippen LogP contribution in [-0.4, -0.2) is 17.5 Å². The minimum Gasteiger partial charge on any atom is -0.466 e. The molecule has 0 spiro atoms. The van der Waals surface area contributed by atoms with Gasteiger partial charge in [-0.1, -0.05) is 60.7 Å².